The van der Waals surface area contributed by atoms with Gasteiger partial charge in [0.2, 0.25) is 0 Å². The van der Waals surface area contributed by atoms with Gasteiger partial charge in [-0.2, -0.15) is 4.67 Å². The maximum absolute atomic E-state index is 12.6. The van der Waals surface area contributed by atoms with Gasteiger partial charge >= 0.3 is 14.2 Å². The van der Waals surface area contributed by atoms with Crippen LogP contribution in [0.25, 0.3) is 0 Å². The minimum absolute atomic E-state index is 0.0173. The predicted molar refractivity (Wildman–Crippen MR) is 85.5 cm³/mol. The number of carbonyl (C=O) groups excluding carboxylic acids is 1. The Kier molecular flexibility index (Phi) is 8.28. The molecule has 0 aliphatic carbocycles. The van der Waals surface area contributed by atoms with Gasteiger partial charge < -0.3 is 9.63 Å². The third kappa shape index (κ3) is 6.78. The highest BCUT2D eigenvalue weighted by Gasteiger charge is 2.49. The third-order valence-electron chi connectivity index (χ3n) is 4.24. The van der Waals surface area contributed by atoms with E-state index in [0.717, 1.165) is 6.42 Å². The zero-order chi connectivity index (χ0) is 17.6. The van der Waals surface area contributed by atoms with Crippen molar-refractivity contribution in [1.29, 1.82) is 0 Å². The summed E-state index contributed by atoms with van der Waals surface area (Å²) in [5.41, 5.74) is -0.868. The van der Waals surface area contributed by atoms with E-state index in [-0.39, 0.29) is 30.0 Å². The Balaban J connectivity index is 4.82. The topological polar surface area (TPSA) is 82.1 Å². The van der Waals surface area contributed by atoms with Crippen molar-refractivity contribution in [2.45, 2.75) is 61.3 Å². The minimum atomic E-state index is -3.13. The van der Waals surface area contributed by atoms with Gasteiger partial charge in [-0.1, -0.05) is 41.5 Å². The van der Waals surface area contributed by atoms with Crippen LogP contribution in [-0.2, 0) is 23.7 Å². The van der Waals surface area contributed by atoms with Crippen LogP contribution in [-0.4, -0.2) is 24.1 Å². The highest BCUT2D eigenvalue weighted by molar-refractivity contribution is 7.31. The van der Waals surface area contributed by atoms with Crippen LogP contribution in [0.2, 0.25) is 0 Å². The molecule has 2 atom stereocenters. The molecule has 0 aromatic rings. The van der Waals surface area contributed by atoms with Crippen LogP contribution in [0.5, 0.6) is 0 Å². The highest BCUT2D eigenvalue weighted by atomic mass is 31.1. The summed E-state index contributed by atoms with van der Waals surface area (Å²) in [4.78, 5) is 25.5. The summed E-state index contributed by atoms with van der Waals surface area (Å²) < 4.78 is 19.7. The molecule has 132 valence electrons. The van der Waals surface area contributed by atoms with Gasteiger partial charge in [0.25, 0.3) is 0 Å². The summed E-state index contributed by atoms with van der Waals surface area (Å²) in [6.45, 7) is 14.3. The molecule has 0 aromatic carbocycles. The summed E-state index contributed by atoms with van der Waals surface area (Å²) in [5.74, 6) is -0.283. The Morgan fingerprint density at radius 3 is 2.05 bits per heavy atom. The summed E-state index contributed by atoms with van der Waals surface area (Å²) in [6, 6.07) is 0. The second kappa shape index (κ2) is 8.44. The first kappa shape index (κ1) is 21.6. The Labute approximate surface area is 134 Å². The Morgan fingerprint density at radius 1 is 1.09 bits per heavy atom. The molecular weight excluding hydrogens is 307 g/mol. The van der Waals surface area contributed by atoms with E-state index < -0.39 is 13.7 Å². The fourth-order valence-electron chi connectivity index (χ4n) is 2.46. The summed E-state index contributed by atoms with van der Waals surface area (Å²) >= 11 is 0. The second-order valence-electron chi connectivity index (χ2n) is 7.61. The maximum atomic E-state index is 12.6. The first-order valence-corrected chi connectivity index (χ1v) is 8.82. The molecule has 0 amide bonds. The monoisotopic (exact) mass is 338 g/mol. The second-order valence-corrected chi connectivity index (χ2v) is 8.31. The van der Waals surface area contributed by atoms with Crippen LogP contribution in [0.4, 0.5) is 0 Å². The zero-order valence-corrected chi connectivity index (χ0v) is 15.8. The number of rotatable bonds is 9. The van der Waals surface area contributed by atoms with E-state index in [4.69, 9.17) is 9.63 Å². The summed E-state index contributed by atoms with van der Waals surface area (Å²) in [6.07, 6.45) is 1.54. The fraction of sp³-hybridized carbons (Fsp3) is 0.933. The molecule has 0 heterocycles. The third-order valence-corrected chi connectivity index (χ3v) is 4.50. The van der Waals surface area contributed by atoms with Crippen molar-refractivity contribution in [3.63, 3.8) is 0 Å². The number of hydrogen-bond donors (Lipinski definition) is 1. The highest BCUT2D eigenvalue weighted by Crippen LogP contribution is 2.49. The molecular formula is C15H31O6P. The molecule has 0 rings (SSSR count). The molecule has 7 heteroatoms. The van der Waals surface area contributed by atoms with E-state index >= 15 is 0 Å². The van der Waals surface area contributed by atoms with E-state index in [0.29, 0.717) is 6.42 Å². The van der Waals surface area contributed by atoms with Crippen molar-refractivity contribution >= 4 is 14.2 Å². The Morgan fingerprint density at radius 2 is 1.64 bits per heavy atom. The van der Waals surface area contributed by atoms with Crippen molar-refractivity contribution in [2.24, 2.45) is 16.2 Å². The van der Waals surface area contributed by atoms with E-state index in [1.807, 2.05) is 6.92 Å². The average molecular weight is 338 g/mol. The molecule has 2 unspecified atom stereocenters. The van der Waals surface area contributed by atoms with Gasteiger partial charge in [0.05, 0.1) is 5.41 Å². The largest absolute Gasteiger partial charge is 0.463 e. The van der Waals surface area contributed by atoms with Crippen LogP contribution in [0.15, 0.2) is 0 Å². The van der Waals surface area contributed by atoms with E-state index in [1.165, 1.54) is 0 Å². The number of ether oxygens (including phenoxy) is 1. The Bertz CT molecular complexity index is 388. The lowest BCUT2D eigenvalue weighted by Gasteiger charge is -2.45. The smallest absolute Gasteiger partial charge is 0.344 e. The van der Waals surface area contributed by atoms with Crippen molar-refractivity contribution in [3.05, 3.63) is 0 Å². The van der Waals surface area contributed by atoms with Gasteiger partial charge in [-0.05, 0) is 30.6 Å². The lowest BCUT2D eigenvalue weighted by molar-refractivity contribution is -0.218. The SMILES string of the molecule is CCC(C)(C)C(C)(CC(C)(C)C)C(=O)OCCOO[PH](=O)O. The Hall–Kier alpha value is -0.420. The van der Waals surface area contributed by atoms with Crippen LogP contribution in [0, 0.1) is 16.2 Å². The van der Waals surface area contributed by atoms with E-state index in [1.54, 1.807) is 0 Å². The number of carbonyl (C=O) groups is 1. The van der Waals surface area contributed by atoms with Crippen LogP contribution >= 0.6 is 8.25 Å². The zero-order valence-electron chi connectivity index (χ0n) is 14.8. The van der Waals surface area contributed by atoms with Gasteiger partial charge in [-0.15, -0.1) is 0 Å². The average Bonchev–Trinajstić information content (AvgIpc) is 2.35. The van der Waals surface area contributed by atoms with Crippen LogP contribution in [0.1, 0.15) is 61.3 Å². The number of hydrogen-bond acceptors (Lipinski definition) is 5. The van der Waals surface area contributed by atoms with E-state index in [2.05, 4.69) is 51.1 Å². The van der Waals surface area contributed by atoms with Crippen molar-refractivity contribution in [1.82, 2.24) is 0 Å². The molecule has 0 bridgehead atoms. The van der Waals surface area contributed by atoms with Gasteiger partial charge in [0.15, 0.2) is 0 Å². The standard InChI is InChI=1S/C15H31O6P/c1-8-14(5,6)15(7,11-13(2,3)4)12(16)19-9-10-20-21-22(17)18/h22H,8-11H2,1-7H3,(H,17,18). The van der Waals surface area contributed by atoms with E-state index in [9.17, 15) is 9.36 Å². The van der Waals surface area contributed by atoms with Crippen molar-refractivity contribution in [2.75, 3.05) is 13.2 Å². The number of esters is 1. The van der Waals surface area contributed by atoms with Gasteiger partial charge in [-0.3, -0.25) is 9.36 Å². The maximum Gasteiger partial charge on any atom is 0.344 e. The molecule has 0 aliphatic heterocycles. The first-order valence-electron chi connectivity index (χ1n) is 7.55. The fourth-order valence-corrected chi connectivity index (χ4v) is 2.64. The summed E-state index contributed by atoms with van der Waals surface area (Å²) in [5, 5.41) is 0. The first-order chi connectivity index (χ1) is 9.85. The molecule has 0 aromatic heterocycles. The lowest BCUT2D eigenvalue weighted by atomic mass is 9.59. The summed E-state index contributed by atoms with van der Waals surface area (Å²) in [7, 11) is -3.13. The molecule has 0 saturated heterocycles. The molecule has 0 spiro atoms. The normalized spacial score (nSPS) is 16.9. The van der Waals surface area contributed by atoms with Crippen molar-refractivity contribution < 1.29 is 28.6 Å². The van der Waals surface area contributed by atoms with Crippen molar-refractivity contribution in [3.8, 4) is 0 Å². The minimum Gasteiger partial charge on any atom is -0.463 e. The molecule has 0 saturated carbocycles. The lowest BCUT2D eigenvalue weighted by Crippen LogP contribution is -2.45. The quantitative estimate of drug-likeness (QED) is 0.227. The van der Waals surface area contributed by atoms with Gasteiger partial charge in [-0.25, -0.2) is 4.89 Å². The van der Waals surface area contributed by atoms with Gasteiger partial charge in [0, 0.05) is 0 Å². The van der Waals surface area contributed by atoms with Crippen LogP contribution in [0.3, 0.4) is 0 Å². The molecule has 0 aliphatic rings. The molecule has 22 heavy (non-hydrogen) atoms. The van der Waals surface area contributed by atoms with Crippen LogP contribution < -0.4 is 0 Å². The molecule has 0 radical (unpaired) electrons. The molecule has 1 N–H and O–H groups in total. The molecule has 6 nitrogen and oxygen atoms in total. The van der Waals surface area contributed by atoms with Gasteiger partial charge in [0.1, 0.15) is 13.2 Å². The predicted octanol–water partition coefficient (Wildman–Crippen LogP) is 3.74. The molecule has 0 fully saturated rings.